The van der Waals surface area contributed by atoms with Crippen LogP contribution in [0.1, 0.15) is 39.3 Å². The van der Waals surface area contributed by atoms with Crippen molar-refractivity contribution >= 4 is 29.9 Å². The van der Waals surface area contributed by atoms with E-state index in [0.717, 1.165) is 25.6 Å². The summed E-state index contributed by atoms with van der Waals surface area (Å²) in [6.07, 6.45) is 0. The van der Waals surface area contributed by atoms with Crippen LogP contribution in [0.4, 0.5) is 0 Å². The third-order valence-electron chi connectivity index (χ3n) is 5.04. The van der Waals surface area contributed by atoms with Gasteiger partial charge in [0.15, 0.2) is 5.96 Å². The molecule has 0 saturated carbocycles. The summed E-state index contributed by atoms with van der Waals surface area (Å²) in [6.45, 7) is 17.6. The molecule has 2 rings (SSSR count). The molecule has 0 aromatic heterocycles. The Morgan fingerprint density at radius 1 is 1.04 bits per heavy atom. The number of piperazine rings is 1. The largest absolute Gasteiger partial charge is 0.357 e. The lowest BCUT2D eigenvalue weighted by molar-refractivity contribution is 0.125. The number of nitrogens with one attached hydrogen (secondary N) is 2. The highest BCUT2D eigenvalue weighted by Gasteiger charge is 2.17. The van der Waals surface area contributed by atoms with Gasteiger partial charge in [0.1, 0.15) is 0 Å². The number of hydrogen-bond acceptors (Lipinski definition) is 3. The van der Waals surface area contributed by atoms with Gasteiger partial charge in [-0.3, -0.25) is 4.99 Å². The molecule has 0 radical (unpaired) electrons. The first-order chi connectivity index (χ1) is 12.6. The van der Waals surface area contributed by atoms with Crippen molar-refractivity contribution in [2.45, 2.75) is 33.7 Å². The van der Waals surface area contributed by atoms with Crippen LogP contribution >= 0.6 is 24.0 Å². The van der Waals surface area contributed by atoms with E-state index in [0.29, 0.717) is 5.92 Å². The zero-order chi connectivity index (χ0) is 18.8. The van der Waals surface area contributed by atoms with E-state index in [1.165, 1.54) is 38.3 Å². The zero-order valence-electron chi connectivity index (χ0n) is 17.4. The number of halogens is 1. The third kappa shape index (κ3) is 8.79. The Bertz CT molecular complexity index is 529. The first-order valence-electron chi connectivity index (χ1n) is 10.2. The van der Waals surface area contributed by atoms with E-state index in [2.05, 4.69) is 78.5 Å². The first kappa shape index (κ1) is 24.2. The molecule has 2 unspecified atom stereocenters. The Morgan fingerprint density at radius 3 is 2.26 bits per heavy atom. The van der Waals surface area contributed by atoms with Crippen molar-refractivity contribution in [2.24, 2.45) is 10.9 Å². The van der Waals surface area contributed by atoms with Crippen molar-refractivity contribution in [1.82, 2.24) is 20.4 Å². The highest BCUT2D eigenvalue weighted by Crippen LogP contribution is 2.11. The standard InChI is InChI=1S/C21H37N5.HI/c1-5-22-21(24-19(4)20-10-8-7-9-11-20)23-16-18(3)17-26-14-12-25(6-2)13-15-26;/h7-11,18-19H,5-6,12-17H2,1-4H3,(H2,22,23,24);1H. The minimum Gasteiger partial charge on any atom is -0.357 e. The Kier molecular flexibility index (Phi) is 11.9. The summed E-state index contributed by atoms with van der Waals surface area (Å²) in [4.78, 5) is 9.94. The summed E-state index contributed by atoms with van der Waals surface area (Å²) in [5.41, 5.74) is 1.28. The molecule has 1 heterocycles. The molecule has 0 aliphatic carbocycles. The fourth-order valence-electron chi connectivity index (χ4n) is 3.38. The highest BCUT2D eigenvalue weighted by molar-refractivity contribution is 14.0. The summed E-state index contributed by atoms with van der Waals surface area (Å²) < 4.78 is 0. The number of aliphatic imine (C=N–C) groups is 1. The lowest BCUT2D eigenvalue weighted by atomic mass is 10.1. The maximum absolute atomic E-state index is 4.83. The van der Waals surface area contributed by atoms with Crippen LogP contribution in [0.3, 0.4) is 0 Å². The second-order valence-corrected chi connectivity index (χ2v) is 7.34. The quantitative estimate of drug-likeness (QED) is 0.336. The van der Waals surface area contributed by atoms with Crippen LogP contribution in [-0.4, -0.2) is 68.1 Å². The topological polar surface area (TPSA) is 42.9 Å². The molecule has 1 aromatic carbocycles. The molecule has 6 heteroatoms. The molecule has 1 saturated heterocycles. The average molecular weight is 487 g/mol. The minimum atomic E-state index is 0. The fourth-order valence-corrected chi connectivity index (χ4v) is 3.38. The molecule has 154 valence electrons. The van der Waals surface area contributed by atoms with Gasteiger partial charge < -0.3 is 20.4 Å². The maximum Gasteiger partial charge on any atom is 0.191 e. The van der Waals surface area contributed by atoms with Gasteiger partial charge in [-0.05, 0) is 31.9 Å². The maximum atomic E-state index is 4.83. The average Bonchev–Trinajstić information content (AvgIpc) is 2.67. The Balaban J connectivity index is 0.00000364. The van der Waals surface area contributed by atoms with Crippen molar-refractivity contribution in [1.29, 1.82) is 0 Å². The Labute approximate surface area is 183 Å². The van der Waals surface area contributed by atoms with Crippen LogP contribution in [0, 0.1) is 5.92 Å². The van der Waals surface area contributed by atoms with Gasteiger partial charge in [0.05, 0.1) is 6.04 Å². The smallest absolute Gasteiger partial charge is 0.191 e. The van der Waals surface area contributed by atoms with E-state index in [1.54, 1.807) is 0 Å². The zero-order valence-corrected chi connectivity index (χ0v) is 19.8. The molecular formula is C21H38IN5. The number of likely N-dealkylation sites (N-methyl/N-ethyl adjacent to an activating group) is 1. The van der Waals surface area contributed by atoms with Crippen LogP contribution in [0.2, 0.25) is 0 Å². The molecule has 0 amide bonds. The molecule has 1 aromatic rings. The first-order valence-corrected chi connectivity index (χ1v) is 10.2. The minimum absolute atomic E-state index is 0. The molecule has 2 N–H and O–H groups in total. The van der Waals surface area contributed by atoms with Crippen molar-refractivity contribution < 1.29 is 0 Å². The van der Waals surface area contributed by atoms with Gasteiger partial charge in [-0.2, -0.15) is 0 Å². The number of guanidine groups is 1. The van der Waals surface area contributed by atoms with Gasteiger partial charge in [-0.15, -0.1) is 24.0 Å². The molecule has 2 atom stereocenters. The number of nitrogens with zero attached hydrogens (tertiary/aromatic N) is 3. The monoisotopic (exact) mass is 487 g/mol. The van der Waals surface area contributed by atoms with Crippen molar-refractivity contribution in [3.8, 4) is 0 Å². The molecule has 1 aliphatic heterocycles. The van der Waals surface area contributed by atoms with Crippen LogP contribution in [0.5, 0.6) is 0 Å². The molecule has 0 spiro atoms. The van der Waals surface area contributed by atoms with Crippen LogP contribution < -0.4 is 10.6 Å². The number of hydrogen-bond donors (Lipinski definition) is 2. The van der Waals surface area contributed by atoms with E-state index in [4.69, 9.17) is 4.99 Å². The van der Waals surface area contributed by atoms with E-state index in [9.17, 15) is 0 Å². The van der Waals surface area contributed by atoms with E-state index in [1.807, 2.05) is 0 Å². The van der Waals surface area contributed by atoms with Gasteiger partial charge in [0.2, 0.25) is 0 Å². The van der Waals surface area contributed by atoms with Crippen molar-refractivity contribution in [3.63, 3.8) is 0 Å². The molecule has 1 fully saturated rings. The summed E-state index contributed by atoms with van der Waals surface area (Å²) >= 11 is 0. The van der Waals surface area contributed by atoms with Gasteiger partial charge in [0, 0.05) is 45.8 Å². The fraction of sp³-hybridized carbons (Fsp3) is 0.667. The highest BCUT2D eigenvalue weighted by atomic mass is 127. The molecule has 0 bridgehead atoms. The van der Waals surface area contributed by atoms with Crippen molar-refractivity contribution in [3.05, 3.63) is 35.9 Å². The van der Waals surface area contributed by atoms with Crippen LogP contribution in [0.15, 0.2) is 35.3 Å². The van der Waals surface area contributed by atoms with E-state index < -0.39 is 0 Å². The van der Waals surface area contributed by atoms with Gasteiger partial charge in [-0.1, -0.05) is 44.2 Å². The predicted molar refractivity (Wildman–Crippen MR) is 127 cm³/mol. The molecule has 1 aliphatic rings. The van der Waals surface area contributed by atoms with Crippen LogP contribution in [0.25, 0.3) is 0 Å². The number of rotatable bonds is 8. The lowest BCUT2D eigenvalue weighted by Crippen LogP contribution is -2.47. The van der Waals surface area contributed by atoms with Crippen molar-refractivity contribution in [2.75, 3.05) is 52.4 Å². The van der Waals surface area contributed by atoms with Gasteiger partial charge in [-0.25, -0.2) is 0 Å². The molecule has 27 heavy (non-hydrogen) atoms. The normalized spacial score (nSPS) is 18.4. The summed E-state index contributed by atoms with van der Waals surface area (Å²) in [7, 11) is 0. The lowest BCUT2D eigenvalue weighted by Gasteiger charge is -2.35. The predicted octanol–water partition coefficient (Wildman–Crippen LogP) is 3.19. The molecular weight excluding hydrogens is 449 g/mol. The SMILES string of the molecule is CCNC(=NCC(C)CN1CCN(CC)CC1)NC(C)c1ccccc1.I. The summed E-state index contributed by atoms with van der Waals surface area (Å²) in [5, 5.41) is 6.90. The Hall–Kier alpha value is -0.860. The molecule has 5 nitrogen and oxygen atoms in total. The number of benzene rings is 1. The van der Waals surface area contributed by atoms with Gasteiger partial charge >= 0.3 is 0 Å². The second kappa shape index (κ2) is 13.3. The van der Waals surface area contributed by atoms with E-state index in [-0.39, 0.29) is 30.0 Å². The second-order valence-electron chi connectivity index (χ2n) is 7.34. The summed E-state index contributed by atoms with van der Waals surface area (Å²) in [5.74, 6) is 1.47. The van der Waals surface area contributed by atoms with E-state index >= 15 is 0 Å². The Morgan fingerprint density at radius 2 is 1.67 bits per heavy atom. The third-order valence-corrected chi connectivity index (χ3v) is 5.04. The van der Waals surface area contributed by atoms with Crippen LogP contribution in [-0.2, 0) is 0 Å². The summed E-state index contributed by atoms with van der Waals surface area (Å²) in [6, 6.07) is 10.8. The van der Waals surface area contributed by atoms with Gasteiger partial charge in [0.25, 0.3) is 0 Å².